The number of methoxy groups -OCH3 is 3. The van der Waals surface area contributed by atoms with Gasteiger partial charge in [-0.2, -0.15) is 5.10 Å². The zero-order chi connectivity index (χ0) is 19.9. The van der Waals surface area contributed by atoms with Crippen LogP contribution in [0.3, 0.4) is 0 Å². The number of thiocarbonyl (C=S) groups is 1. The molecule has 1 heterocycles. The van der Waals surface area contributed by atoms with Crippen LogP contribution in [0.25, 0.3) is 0 Å². The van der Waals surface area contributed by atoms with E-state index in [1.807, 2.05) is 24.3 Å². The van der Waals surface area contributed by atoms with Crippen LogP contribution in [-0.4, -0.2) is 39.4 Å². The zero-order valence-corrected chi connectivity index (χ0v) is 16.6. The minimum absolute atomic E-state index is 0.251. The molecular formula is C19H21N3O5S. The van der Waals surface area contributed by atoms with Crippen LogP contribution >= 0.6 is 12.2 Å². The highest BCUT2D eigenvalue weighted by Crippen LogP contribution is 2.39. The van der Waals surface area contributed by atoms with E-state index >= 15 is 0 Å². The fraction of sp³-hybridized carbons (Fsp3) is 0.263. The molecule has 2 aromatic carbocycles. The van der Waals surface area contributed by atoms with Crippen molar-refractivity contribution in [2.45, 2.75) is 6.54 Å². The molecule has 2 aromatic rings. The molecule has 8 nitrogen and oxygen atoms in total. The number of ether oxygens (including phenoxy) is 5. The molecule has 1 aliphatic heterocycles. The van der Waals surface area contributed by atoms with Crippen LogP contribution in [0.4, 0.5) is 0 Å². The maximum absolute atomic E-state index is 5.41. The number of nitrogens with zero attached hydrogens (tertiary/aromatic N) is 1. The first kappa shape index (κ1) is 19.6. The lowest BCUT2D eigenvalue weighted by atomic mass is 10.2. The molecule has 0 saturated carbocycles. The van der Waals surface area contributed by atoms with Crippen molar-refractivity contribution in [2.75, 3.05) is 28.1 Å². The van der Waals surface area contributed by atoms with Gasteiger partial charge in [0.15, 0.2) is 28.1 Å². The fourth-order valence-corrected chi connectivity index (χ4v) is 2.78. The molecule has 0 atom stereocenters. The summed E-state index contributed by atoms with van der Waals surface area (Å²) in [4.78, 5) is 0. The molecule has 0 aromatic heterocycles. The summed E-state index contributed by atoms with van der Waals surface area (Å²) in [6.45, 7) is 0.776. The molecule has 3 rings (SSSR count). The van der Waals surface area contributed by atoms with Crippen LogP contribution in [0, 0.1) is 0 Å². The molecule has 0 spiro atoms. The molecule has 0 saturated heterocycles. The Labute approximate surface area is 168 Å². The molecule has 148 valence electrons. The Balaban J connectivity index is 1.57. The Bertz CT molecular complexity index is 888. The first-order valence-corrected chi connectivity index (χ1v) is 8.81. The molecule has 2 N–H and O–H groups in total. The van der Waals surface area contributed by atoms with Gasteiger partial charge < -0.3 is 29.0 Å². The lowest BCUT2D eigenvalue weighted by Gasteiger charge is -2.13. The van der Waals surface area contributed by atoms with Crippen molar-refractivity contribution in [1.82, 2.24) is 10.7 Å². The largest absolute Gasteiger partial charge is 0.493 e. The van der Waals surface area contributed by atoms with E-state index < -0.39 is 0 Å². The van der Waals surface area contributed by atoms with E-state index in [1.165, 1.54) is 0 Å². The highest BCUT2D eigenvalue weighted by molar-refractivity contribution is 7.80. The minimum Gasteiger partial charge on any atom is -0.493 e. The third-order valence-corrected chi connectivity index (χ3v) is 4.23. The van der Waals surface area contributed by atoms with Gasteiger partial charge in [0.05, 0.1) is 27.5 Å². The van der Waals surface area contributed by atoms with Crippen LogP contribution in [0.15, 0.2) is 35.4 Å². The van der Waals surface area contributed by atoms with Gasteiger partial charge in [0.2, 0.25) is 12.5 Å². The van der Waals surface area contributed by atoms with Crippen molar-refractivity contribution in [2.24, 2.45) is 5.10 Å². The molecule has 1 aliphatic rings. The molecule has 0 bridgehead atoms. The molecule has 0 unspecified atom stereocenters. The summed E-state index contributed by atoms with van der Waals surface area (Å²) in [5, 5.41) is 7.61. The number of nitrogens with one attached hydrogen (secondary N) is 2. The van der Waals surface area contributed by atoms with Crippen LogP contribution in [0.1, 0.15) is 11.1 Å². The predicted octanol–water partition coefficient (Wildman–Crippen LogP) is 2.44. The van der Waals surface area contributed by atoms with Gasteiger partial charge in [-0.1, -0.05) is 6.07 Å². The molecular weight excluding hydrogens is 382 g/mol. The van der Waals surface area contributed by atoms with Crippen molar-refractivity contribution in [3.63, 3.8) is 0 Å². The fourth-order valence-electron chi connectivity index (χ4n) is 2.66. The van der Waals surface area contributed by atoms with E-state index in [1.54, 1.807) is 33.6 Å². The number of hydrogen-bond acceptors (Lipinski definition) is 7. The van der Waals surface area contributed by atoms with E-state index in [9.17, 15) is 0 Å². The van der Waals surface area contributed by atoms with Crippen LogP contribution in [-0.2, 0) is 6.54 Å². The third kappa shape index (κ3) is 4.37. The number of rotatable bonds is 7. The van der Waals surface area contributed by atoms with Crippen molar-refractivity contribution >= 4 is 23.5 Å². The monoisotopic (exact) mass is 403 g/mol. The maximum atomic E-state index is 5.41. The van der Waals surface area contributed by atoms with Crippen molar-refractivity contribution in [1.29, 1.82) is 0 Å². The van der Waals surface area contributed by atoms with Crippen molar-refractivity contribution in [3.8, 4) is 28.7 Å². The quantitative estimate of drug-likeness (QED) is 0.414. The Morgan fingerprint density at radius 1 is 1.07 bits per heavy atom. The maximum Gasteiger partial charge on any atom is 0.231 e. The highest BCUT2D eigenvalue weighted by Gasteiger charge is 2.15. The number of benzene rings is 2. The summed E-state index contributed by atoms with van der Waals surface area (Å²) in [5.41, 5.74) is 4.50. The Kier molecular flexibility index (Phi) is 6.38. The second-order valence-corrected chi connectivity index (χ2v) is 6.07. The smallest absolute Gasteiger partial charge is 0.231 e. The Morgan fingerprint density at radius 3 is 2.61 bits per heavy atom. The van der Waals surface area contributed by atoms with E-state index in [-0.39, 0.29) is 6.79 Å². The van der Waals surface area contributed by atoms with Crippen molar-refractivity contribution < 1.29 is 23.7 Å². The molecule has 0 aliphatic carbocycles. The average Bonchev–Trinajstić information content (AvgIpc) is 3.19. The van der Waals surface area contributed by atoms with E-state index in [0.29, 0.717) is 34.5 Å². The van der Waals surface area contributed by atoms with Gasteiger partial charge in [-0.25, -0.2) is 0 Å². The molecule has 0 radical (unpaired) electrons. The minimum atomic E-state index is 0.251. The molecule has 9 heteroatoms. The first-order chi connectivity index (χ1) is 13.7. The standard InChI is InChI=1S/C19H21N3O5S/c1-23-15-7-5-13(17(24-2)18(15)25-3)10-21-22-19(28)20-9-12-4-6-14-16(8-12)27-11-26-14/h4-8,10H,9,11H2,1-3H3,(H2,20,22,28)/b21-10-. The van der Waals surface area contributed by atoms with Crippen LogP contribution < -0.4 is 34.4 Å². The van der Waals surface area contributed by atoms with Gasteiger partial charge in [-0.15, -0.1) is 0 Å². The third-order valence-electron chi connectivity index (χ3n) is 3.99. The number of hydrogen-bond donors (Lipinski definition) is 2. The van der Waals surface area contributed by atoms with Gasteiger partial charge in [-0.05, 0) is 42.0 Å². The van der Waals surface area contributed by atoms with Crippen LogP contribution in [0.5, 0.6) is 28.7 Å². The van der Waals surface area contributed by atoms with E-state index in [4.69, 9.17) is 35.9 Å². The zero-order valence-electron chi connectivity index (χ0n) is 15.8. The van der Waals surface area contributed by atoms with Gasteiger partial charge in [-0.3, -0.25) is 5.43 Å². The topological polar surface area (TPSA) is 82.6 Å². The lowest BCUT2D eigenvalue weighted by molar-refractivity contribution is 0.174. The summed E-state index contributed by atoms with van der Waals surface area (Å²) in [6, 6.07) is 9.32. The van der Waals surface area contributed by atoms with Gasteiger partial charge in [0.25, 0.3) is 0 Å². The SMILES string of the molecule is COc1ccc(/C=N\NC(=S)NCc2ccc3c(c2)OCO3)c(OC)c1OC. The van der Waals surface area contributed by atoms with Gasteiger partial charge in [0, 0.05) is 12.1 Å². The van der Waals surface area contributed by atoms with E-state index in [0.717, 1.165) is 17.1 Å². The Morgan fingerprint density at radius 2 is 1.86 bits per heavy atom. The molecule has 28 heavy (non-hydrogen) atoms. The summed E-state index contributed by atoms with van der Waals surface area (Å²) >= 11 is 5.25. The molecule has 0 amide bonds. The normalized spacial score (nSPS) is 12.0. The van der Waals surface area contributed by atoms with E-state index in [2.05, 4.69) is 15.8 Å². The summed E-state index contributed by atoms with van der Waals surface area (Å²) < 4.78 is 26.7. The highest BCUT2D eigenvalue weighted by atomic mass is 32.1. The summed E-state index contributed by atoms with van der Waals surface area (Å²) in [7, 11) is 4.67. The summed E-state index contributed by atoms with van der Waals surface area (Å²) in [5.74, 6) is 3.07. The second-order valence-electron chi connectivity index (χ2n) is 5.66. The first-order valence-electron chi connectivity index (χ1n) is 8.40. The number of fused-ring (bicyclic) bond motifs is 1. The second kappa shape index (κ2) is 9.14. The number of hydrazone groups is 1. The molecule has 0 fully saturated rings. The predicted molar refractivity (Wildman–Crippen MR) is 109 cm³/mol. The summed E-state index contributed by atoms with van der Waals surface area (Å²) in [6.07, 6.45) is 1.59. The van der Waals surface area contributed by atoms with Gasteiger partial charge in [0.1, 0.15) is 0 Å². The van der Waals surface area contributed by atoms with Gasteiger partial charge >= 0.3 is 0 Å². The van der Waals surface area contributed by atoms with Crippen LogP contribution in [0.2, 0.25) is 0 Å². The Hall–Kier alpha value is -3.20. The average molecular weight is 403 g/mol. The van der Waals surface area contributed by atoms with Crippen molar-refractivity contribution in [3.05, 3.63) is 41.5 Å². The lowest BCUT2D eigenvalue weighted by Crippen LogP contribution is -2.31.